The van der Waals surface area contributed by atoms with E-state index < -0.39 is 5.91 Å². The molecule has 0 aliphatic heterocycles. The number of hydrogen-bond acceptors (Lipinski definition) is 7. The van der Waals surface area contributed by atoms with Crippen LogP contribution in [-0.4, -0.2) is 26.1 Å². The maximum atomic E-state index is 11.3. The summed E-state index contributed by atoms with van der Waals surface area (Å²) < 4.78 is 5.44. The highest BCUT2D eigenvalue weighted by Gasteiger charge is 2.12. The van der Waals surface area contributed by atoms with E-state index in [1.165, 1.54) is 23.8 Å². The quantitative estimate of drug-likeness (QED) is 0.496. The van der Waals surface area contributed by atoms with E-state index in [1.807, 2.05) is 0 Å². The topological polar surface area (TPSA) is 113 Å². The van der Waals surface area contributed by atoms with Crippen molar-refractivity contribution in [3.8, 4) is 0 Å². The van der Waals surface area contributed by atoms with Crippen LogP contribution in [0, 0.1) is 0 Å². The number of rotatable bonds is 3. The normalized spacial score (nSPS) is 10.7. The molecule has 0 saturated carbocycles. The second-order valence-electron chi connectivity index (χ2n) is 4.08. The molecule has 0 radical (unpaired) electrons. The summed E-state index contributed by atoms with van der Waals surface area (Å²) in [6.07, 6.45) is 1.34. The molecule has 0 aliphatic rings. The Labute approximate surface area is 133 Å². The highest BCUT2D eigenvalue weighted by molar-refractivity contribution is 6.42. The maximum absolute atomic E-state index is 11.3. The van der Waals surface area contributed by atoms with Crippen molar-refractivity contribution in [2.24, 2.45) is 0 Å². The number of anilines is 2. The Morgan fingerprint density at radius 1 is 1.23 bits per heavy atom. The number of carbonyl (C=O) groups excluding carboxylic acids is 1. The standard InChI is InChI=1S/C12H7Cl2N5O3/c13-5-3-8-9(4-6(5)14)22-12(17-8)18-11-15-2-1-7(16-11)10(20)19-21/h1-4,21H,(H,19,20)(H,15,16,17,18). The SMILES string of the molecule is O=C(NO)c1ccnc(Nc2nc3cc(Cl)c(Cl)cc3o2)n1. The van der Waals surface area contributed by atoms with E-state index in [0.717, 1.165) is 0 Å². The van der Waals surface area contributed by atoms with Crippen molar-refractivity contribution < 1.29 is 14.4 Å². The van der Waals surface area contributed by atoms with Crippen LogP contribution in [-0.2, 0) is 0 Å². The molecule has 0 bridgehead atoms. The van der Waals surface area contributed by atoms with Gasteiger partial charge in [-0.25, -0.2) is 15.4 Å². The zero-order chi connectivity index (χ0) is 15.7. The highest BCUT2D eigenvalue weighted by atomic mass is 35.5. The molecular weight excluding hydrogens is 333 g/mol. The van der Waals surface area contributed by atoms with Crippen molar-refractivity contribution in [3.05, 3.63) is 40.1 Å². The minimum atomic E-state index is -0.762. The van der Waals surface area contributed by atoms with Crippen LogP contribution in [0.3, 0.4) is 0 Å². The van der Waals surface area contributed by atoms with Gasteiger partial charge in [0.2, 0.25) is 5.95 Å². The number of nitrogens with zero attached hydrogens (tertiary/aromatic N) is 3. The van der Waals surface area contributed by atoms with Crippen LogP contribution in [0.4, 0.5) is 12.0 Å². The monoisotopic (exact) mass is 339 g/mol. The molecule has 8 nitrogen and oxygen atoms in total. The van der Waals surface area contributed by atoms with Crippen LogP contribution >= 0.6 is 23.2 Å². The molecule has 1 amide bonds. The van der Waals surface area contributed by atoms with Gasteiger partial charge in [-0.05, 0) is 12.1 Å². The maximum Gasteiger partial charge on any atom is 0.302 e. The minimum absolute atomic E-state index is 0.0257. The van der Waals surface area contributed by atoms with Crippen molar-refractivity contribution >= 4 is 52.2 Å². The zero-order valence-electron chi connectivity index (χ0n) is 10.7. The molecule has 3 rings (SSSR count). The molecule has 0 saturated heterocycles. The smallest absolute Gasteiger partial charge is 0.302 e. The summed E-state index contributed by atoms with van der Waals surface area (Å²) in [6, 6.07) is 4.54. The number of hydroxylamine groups is 1. The fraction of sp³-hybridized carbons (Fsp3) is 0. The van der Waals surface area contributed by atoms with Crippen molar-refractivity contribution in [1.82, 2.24) is 20.4 Å². The number of carbonyl (C=O) groups is 1. The zero-order valence-corrected chi connectivity index (χ0v) is 12.2. The van der Waals surface area contributed by atoms with E-state index in [4.69, 9.17) is 32.8 Å². The first-order valence-corrected chi connectivity index (χ1v) is 6.62. The van der Waals surface area contributed by atoms with Crippen LogP contribution in [0.5, 0.6) is 0 Å². The molecule has 112 valence electrons. The Balaban J connectivity index is 1.91. The molecule has 0 unspecified atom stereocenters. The van der Waals surface area contributed by atoms with Crippen molar-refractivity contribution in [1.29, 1.82) is 0 Å². The van der Waals surface area contributed by atoms with E-state index in [-0.39, 0.29) is 17.7 Å². The number of oxazole rings is 1. The van der Waals surface area contributed by atoms with Crippen molar-refractivity contribution in [2.75, 3.05) is 5.32 Å². The van der Waals surface area contributed by atoms with Crippen LogP contribution in [0.1, 0.15) is 10.5 Å². The average molecular weight is 340 g/mol. The first-order valence-electron chi connectivity index (χ1n) is 5.87. The van der Waals surface area contributed by atoms with Gasteiger partial charge in [0.15, 0.2) is 5.58 Å². The Bertz CT molecular complexity index is 828. The van der Waals surface area contributed by atoms with Gasteiger partial charge in [0.1, 0.15) is 11.2 Å². The Hall–Kier alpha value is -2.42. The fourth-order valence-corrected chi connectivity index (χ4v) is 1.99. The average Bonchev–Trinajstić information content (AvgIpc) is 2.88. The van der Waals surface area contributed by atoms with Gasteiger partial charge in [0.05, 0.1) is 10.0 Å². The molecule has 1 aromatic carbocycles. The predicted octanol–water partition coefficient (Wildman–Crippen LogP) is 2.79. The second-order valence-corrected chi connectivity index (χ2v) is 4.90. The number of nitrogens with one attached hydrogen (secondary N) is 2. The lowest BCUT2D eigenvalue weighted by Crippen LogP contribution is -2.20. The van der Waals surface area contributed by atoms with Crippen LogP contribution in [0.25, 0.3) is 11.1 Å². The molecule has 10 heteroatoms. The fourth-order valence-electron chi connectivity index (χ4n) is 1.68. The lowest BCUT2D eigenvalue weighted by molar-refractivity contribution is 0.0700. The van der Waals surface area contributed by atoms with Gasteiger partial charge < -0.3 is 4.42 Å². The summed E-state index contributed by atoms with van der Waals surface area (Å²) in [5.41, 5.74) is 2.39. The van der Waals surface area contributed by atoms with Gasteiger partial charge in [0, 0.05) is 12.3 Å². The summed E-state index contributed by atoms with van der Waals surface area (Å²) in [4.78, 5) is 23.3. The molecule has 3 N–H and O–H groups in total. The molecule has 3 aromatic rings. The van der Waals surface area contributed by atoms with Gasteiger partial charge in [-0.3, -0.25) is 15.3 Å². The summed E-state index contributed by atoms with van der Waals surface area (Å²) in [6.45, 7) is 0. The summed E-state index contributed by atoms with van der Waals surface area (Å²) in [5.74, 6) is -0.688. The van der Waals surface area contributed by atoms with Crippen LogP contribution in [0.15, 0.2) is 28.8 Å². The van der Waals surface area contributed by atoms with Gasteiger partial charge in [-0.1, -0.05) is 23.2 Å². The summed E-state index contributed by atoms with van der Waals surface area (Å²) >= 11 is 11.8. The van der Waals surface area contributed by atoms with E-state index in [0.29, 0.717) is 21.1 Å². The van der Waals surface area contributed by atoms with Gasteiger partial charge in [0.25, 0.3) is 5.91 Å². The largest absolute Gasteiger partial charge is 0.423 e. The number of amides is 1. The van der Waals surface area contributed by atoms with Gasteiger partial charge in [-0.2, -0.15) is 4.98 Å². The Morgan fingerprint density at radius 2 is 2.00 bits per heavy atom. The van der Waals surface area contributed by atoms with E-state index >= 15 is 0 Å². The predicted molar refractivity (Wildman–Crippen MR) is 78.6 cm³/mol. The molecule has 22 heavy (non-hydrogen) atoms. The van der Waals surface area contributed by atoms with Crippen molar-refractivity contribution in [2.45, 2.75) is 0 Å². The number of halogens is 2. The first kappa shape index (κ1) is 14.5. The molecule has 0 fully saturated rings. The number of fused-ring (bicyclic) bond motifs is 1. The van der Waals surface area contributed by atoms with E-state index in [9.17, 15) is 4.79 Å². The van der Waals surface area contributed by atoms with Crippen LogP contribution in [0.2, 0.25) is 10.0 Å². The third-order valence-corrected chi connectivity index (χ3v) is 3.36. The van der Waals surface area contributed by atoms with E-state index in [2.05, 4.69) is 20.3 Å². The minimum Gasteiger partial charge on any atom is -0.423 e. The number of benzene rings is 1. The van der Waals surface area contributed by atoms with Crippen molar-refractivity contribution in [3.63, 3.8) is 0 Å². The molecule has 2 aromatic heterocycles. The number of aromatic nitrogens is 3. The summed E-state index contributed by atoms with van der Waals surface area (Å²) in [5, 5.41) is 12.0. The van der Waals surface area contributed by atoms with E-state index in [1.54, 1.807) is 6.07 Å². The lowest BCUT2D eigenvalue weighted by atomic mass is 10.3. The third-order valence-electron chi connectivity index (χ3n) is 2.64. The molecular formula is C12H7Cl2N5O3. The molecule has 0 atom stereocenters. The lowest BCUT2D eigenvalue weighted by Gasteiger charge is -2.01. The second kappa shape index (κ2) is 5.76. The molecule has 2 heterocycles. The van der Waals surface area contributed by atoms with Gasteiger partial charge in [-0.15, -0.1) is 0 Å². The Kier molecular flexibility index (Phi) is 3.80. The highest BCUT2D eigenvalue weighted by Crippen LogP contribution is 2.29. The Morgan fingerprint density at radius 3 is 2.77 bits per heavy atom. The first-order chi connectivity index (χ1) is 10.6. The third kappa shape index (κ3) is 2.80. The summed E-state index contributed by atoms with van der Waals surface area (Å²) in [7, 11) is 0. The number of hydrogen-bond donors (Lipinski definition) is 3. The molecule has 0 spiro atoms. The van der Waals surface area contributed by atoms with Gasteiger partial charge >= 0.3 is 6.01 Å². The van der Waals surface area contributed by atoms with Crippen LogP contribution < -0.4 is 10.8 Å². The molecule has 0 aliphatic carbocycles.